The van der Waals surface area contributed by atoms with Crippen LogP contribution < -0.4 is 5.32 Å². The molecule has 0 aliphatic rings. The van der Waals surface area contributed by atoms with Crippen LogP contribution in [0.15, 0.2) is 30.0 Å². The van der Waals surface area contributed by atoms with E-state index in [1.54, 1.807) is 17.7 Å². The van der Waals surface area contributed by atoms with Crippen molar-refractivity contribution >= 4 is 21.6 Å². The number of nitrogens with zero attached hydrogens (tertiary/aromatic N) is 4. The first-order valence-corrected chi connectivity index (χ1v) is 7.46. The molecule has 6 heteroatoms. The van der Waals surface area contributed by atoms with Crippen LogP contribution in [-0.4, -0.2) is 19.7 Å². The van der Waals surface area contributed by atoms with Crippen molar-refractivity contribution in [3.8, 4) is 0 Å². The monoisotopic (exact) mass is 287 g/mol. The fraction of sp³-hybridized carbons (Fsp3) is 0.357. The summed E-state index contributed by atoms with van der Waals surface area (Å²) in [6.07, 6.45) is 3.66. The third-order valence-electron chi connectivity index (χ3n) is 3.46. The van der Waals surface area contributed by atoms with Crippen LogP contribution >= 0.6 is 11.3 Å². The third kappa shape index (κ3) is 2.44. The fourth-order valence-electron chi connectivity index (χ4n) is 2.33. The molecule has 3 aromatic rings. The number of aromatic nitrogens is 4. The molecular formula is C14H17N5S. The molecule has 2 atom stereocenters. The molecule has 3 aromatic heterocycles. The zero-order valence-electron chi connectivity index (χ0n) is 11.7. The smallest absolute Gasteiger partial charge is 0.149 e. The number of pyridine rings is 1. The van der Waals surface area contributed by atoms with Gasteiger partial charge >= 0.3 is 0 Å². The Hall–Kier alpha value is -1.79. The van der Waals surface area contributed by atoms with Gasteiger partial charge in [0.25, 0.3) is 0 Å². The number of nitrogens with one attached hydrogen (secondary N) is 1. The minimum atomic E-state index is 0.136. The van der Waals surface area contributed by atoms with Crippen LogP contribution in [0.5, 0.6) is 0 Å². The second-order valence-corrected chi connectivity index (χ2v) is 5.93. The first-order valence-electron chi connectivity index (χ1n) is 6.58. The highest BCUT2D eigenvalue weighted by Crippen LogP contribution is 2.24. The normalized spacial score (nSPS) is 14.6. The zero-order valence-corrected chi connectivity index (χ0v) is 12.6. The summed E-state index contributed by atoms with van der Waals surface area (Å²) in [7, 11) is 1.96. The number of hydrogen-bond acceptors (Lipinski definition) is 5. The van der Waals surface area contributed by atoms with Crippen molar-refractivity contribution in [3.63, 3.8) is 0 Å². The molecule has 20 heavy (non-hydrogen) atoms. The summed E-state index contributed by atoms with van der Waals surface area (Å²) < 4.78 is 3.16. The lowest BCUT2D eigenvalue weighted by molar-refractivity contribution is 0.465. The lowest BCUT2D eigenvalue weighted by Gasteiger charge is -2.19. The highest BCUT2D eigenvalue weighted by Gasteiger charge is 2.15. The Kier molecular flexibility index (Phi) is 3.50. The molecule has 5 nitrogen and oxygen atoms in total. The van der Waals surface area contributed by atoms with Gasteiger partial charge in [0, 0.05) is 19.3 Å². The number of aryl methyl sites for hydroxylation is 1. The van der Waals surface area contributed by atoms with Gasteiger partial charge in [-0.3, -0.25) is 4.98 Å². The van der Waals surface area contributed by atoms with Gasteiger partial charge in [-0.15, -0.1) is 21.5 Å². The van der Waals surface area contributed by atoms with Crippen LogP contribution in [0.1, 0.15) is 37.3 Å². The van der Waals surface area contributed by atoms with Crippen molar-refractivity contribution in [2.75, 3.05) is 0 Å². The van der Waals surface area contributed by atoms with Crippen LogP contribution in [0.3, 0.4) is 0 Å². The van der Waals surface area contributed by atoms with Gasteiger partial charge in [-0.25, -0.2) is 0 Å². The lowest BCUT2D eigenvalue weighted by atomic mass is 10.1. The van der Waals surface area contributed by atoms with Crippen molar-refractivity contribution in [1.29, 1.82) is 0 Å². The number of hydrogen-bond donors (Lipinski definition) is 1. The number of thiophene rings is 1. The summed E-state index contributed by atoms with van der Waals surface area (Å²) in [5.41, 5.74) is 2.25. The predicted octanol–water partition coefficient (Wildman–Crippen LogP) is 2.84. The van der Waals surface area contributed by atoms with Crippen molar-refractivity contribution in [2.45, 2.75) is 25.9 Å². The average Bonchev–Trinajstić information content (AvgIpc) is 3.05. The van der Waals surface area contributed by atoms with Gasteiger partial charge < -0.3 is 9.88 Å². The molecule has 0 aliphatic carbocycles. The maximum Gasteiger partial charge on any atom is 0.149 e. The Balaban J connectivity index is 1.78. The standard InChI is InChI=1S/C14H17N5S/c1-9(17-10(2)14-18-16-8-19(14)3)11-6-13-12(15-7-11)4-5-20-13/h4-10,17H,1-3H3. The van der Waals surface area contributed by atoms with Gasteiger partial charge in [0.15, 0.2) is 0 Å². The molecule has 0 saturated heterocycles. The fourth-order valence-corrected chi connectivity index (χ4v) is 3.12. The molecule has 3 rings (SSSR count). The van der Waals surface area contributed by atoms with Crippen LogP contribution in [0.25, 0.3) is 10.2 Å². The Morgan fingerprint density at radius 1 is 1.30 bits per heavy atom. The van der Waals surface area contributed by atoms with Crippen molar-refractivity contribution < 1.29 is 0 Å². The minimum Gasteiger partial charge on any atom is -0.319 e. The second kappa shape index (κ2) is 5.30. The summed E-state index contributed by atoms with van der Waals surface area (Å²) in [5, 5.41) is 13.7. The maximum atomic E-state index is 4.49. The summed E-state index contributed by atoms with van der Waals surface area (Å²) >= 11 is 1.72. The molecule has 0 amide bonds. The van der Waals surface area contributed by atoms with Gasteiger partial charge in [-0.2, -0.15) is 0 Å². The van der Waals surface area contributed by atoms with Crippen LogP contribution in [0.2, 0.25) is 0 Å². The van der Waals surface area contributed by atoms with Crippen molar-refractivity contribution in [3.05, 3.63) is 41.4 Å². The Morgan fingerprint density at radius 2 is 2.15 bits per heavy atom. The van der Waals surface area contributed by atoms with Gasteiger partial charge in [0.05, 0.1) is 16.3 Å². The summed E-state index contributed by atoms with van der Waals surface area (Å²) in [6.45, 7) is 4.24. The van der Waals surface area contributed by atoms with E-state index < -0.39 is 0 Å². The van der Waals surface area contributed by atoms with Crippen molar-refractivity contribution in [2.24, 2.45) is 7.05 Å². The topological polar surface area (TPSA) is 55.6 Å². The molecule has 0 spiro atoms. The molecule has 0 radical (unpaired) electrons. The van der Waals surface area contributed by atoms with E-state index in [1.807, 2.05) is 23.9 Å². The second-order valence-electron chi connectivity index (χ2n) is 4.98. The molecule has 2 unspecified atom stereocenters. The van der Waals surface area contributed by atoms with Crippen LogP contribution in [0.4, 0.5) is 0 Å². The summed E-state index contributed by atoms with van der Waals surface area (Å²) in [4.78, 5) is 4.49. The lowest BCUT2D eigenvalue weighted by Crippen LogP contribution is -2.24. The molecule has 0 aromatic carbocycles. The summed E-state index contributed by atoms with van der Waals surface area (Å²) in [6, 6.07) is 4.59. The van der Waals surface area contributed by atoms with Gasteiger partial charge in [-0.1, -0.05) is 0 Å². The molecule has 3 heterocycles. The first kappa shape index (κ1) is 13.2. The largest absolute Gasteiger partial charge is 0.319 e. The zero-order chi connectivity index (χ0) is 14.1. The van der Waals surface area contributed by atoms with Gasteiger partial charge in [-0.05, 0) is 36.9 Å². The van der Waals surface area contributed by atoms with E-state index >= 15 is 0 Å². The van der Waals surface area contributed by atoms with Crippen LogP contribution in [0, 0.1) is 0 Å². The van der Waals surface area contributed by atoms with E-state index in [0.29, 0.717) is 0 Å². The molecular weight excluding hydrogens is 270 g/mol. The molecule has 0 bridgehead atoms. The molecule has 0 saturated carbocycles. The Labute approximate surface area is 121 Å². The molecule has 0 aliphatic heterocycles. The molecule has 0 fully saturated rings. The Morgan fingerprint density at radius 3 is 2.90 bits per heavy atom. The maximum absolute atomic E-state index is 4.49. The van der Waals surface area contributed by atoms with Crippen molar-refractivity contribution in [1.82, 2.24) is 25.1 Å². The Bertz CT molecular complexity index is 717. The third-order valence-corrected chi connectivity index (χ3v) is 4.31. The predicted molar refractivity (Wildman–Crippen MR) is 80.6 cm³/mol. The number of rotatable bonds is 4. The van der Waals surface area contributed by atoms with E-state index in [0.717, 1.165) is 11.3 Å². The highest BCUT2D eigenvalue weighted by atomic mass is 32.1. The van der Waals surface area contributed by atoms with E-state index in [1.165, 1.54) is 10.3 Å². The summed E-state index contributed by atoms with van der Waals surface area (Å²) in [5.74, 6) is 0.932. The number of fused-ring (bicyclic) bond motifs is 1. The quantitative estimate of drug-likeness (QED) is 0.801. The van der Waals surface area contributed by atoms with Crippen LogP contribution in [-0.2, 0) is 7.05 Å². The van der Waals surface area contributed by atoms with E-state index in [4.69, 9.17) is 0 Å². The highest BCUT2D eigenvalue weighted by molar-refractivity contribution is 7.17. The first-order chi connectivity index (χ1) is 9.65. The van der Waals surface area contributed by atoms with E-state index in [-0.39, 0.29) is 12.1 Å². The SMILES string of the molecule is CC(NC(C)c1nncn1C)c1cnc2ccsc2c1. The minimum absolute atomic E-state index is 0.136. The van der Waals surface area contributed by atoms with E-state index in [2.05, 4.69) is 45.8 Å². The molecule has 104 valence electrons. The average molecular weight is 287 g/mol. The van der Waals surface area contributed by atoms with E-state index in [9.17, 15) is 0 Å². The van der Waals surface area contributed by atoms with Gasteiger partial charge in [0.2, 0.25) is 0 Å². The van der Waals surface area contributed by atoms with Gasteiger partial charge in [0.1, 0.15) is 12.2 Å². The molecule has 1 N–H and O–H groups in total.